The minimum atomic E-state index is -3.04. The van der Waals surface area contributed by atoms with Crippen molar-refractivity contribution in [3.8, 4) is 0 Å². The number of nitrogens with zero attached hydrogens (tertiary/aromatic N) is 1. The molecular formula is C91H93Br6CuI2K2MgN5O13P+. The third kappa shape index (κ3) is 40.0. The predicted octanol–water partition coefficient (Wildman–Crippen LogP) is 15.6. The topological polar surface area (TPSA) is 266 Å². The van der Waals surface area contributed by atoms with Crippen LogP contribution in [0, 0.1) is 20.6 Å². The number of carbonyl (C=O) groups excluding carboxylic acids is 3. The number of fused-ring (bicyclic) bond motifs is 4. The molecule has 31 heteroatoms. The monoisotopic (exact) mass is 2390 g/mol. The molecule has 18 nitrogen and oxygen atoms in total. The van der Waals surface area contributed by atoms with Gasteiger partial charge in [0.15, 0.2) is 11.3 Å². The smallest absolute Gasteiger partial charge is 1.00 e. The summed E-state index contributed by atoms with van der Waals surface area (Å²) >= 11 is 21.9. The molecule has 0 saturated carbocycles. The van der Waals surface area contributed by atoms with Crippen molar-refractivity contribution in [2.45, 2.75) is 70.8 Å². The first-order valence-corrected chi connectivity index (χ1v) is 42.9. The Morgan fingerprint density at radius 1 is 0.607 bits per heavy atom. The molecule has 1 aliphatic carbocycles. The van der Waals surface area contributed by atoms with E-state index in [1.807, 2.05) is 115 Å². The van der Waals surface area contributed by atoms with Gasteiger partial charge in [-0.2, -0.15) is 0 Å². The Morgan fingerprint density at radius 3 is 1.49 bits per heavy atom. The van der Waals surface area contributed by atoms with Crippen molar-refractivity contribution in [1.29, 1.82) is 0 Å². The van der Waals surface area contributed by atoms with Crippen LogP contribution in [0.4, 0.5) is 51.2 Å². The van der Waals surface area contributed by atoms with Crippen molar-refractivity contribution < 1.29 is 203 Å². The first kappa shape index (κ1) is 119. The van der Waals surface area contributed by atoms with E-state index in [4.69, 9.17) is 40.0 Å². The van der Waals surface area contributed by atoms with Crippen LogP contribution in [0.2, 0.25) is 0 Å². The molecule has 15 rings (SSSR count). The summed E-state index contributed by atoms with van der Waals surface area (Å²) in [5, 5.41) is 35.6. The molecule has 122 heavy (non-hydrogen) atoms. The zero-order valence-corrected chi connectivity index (χ0v) is 92.3. The van der Waals surface area contributed by atoms with Crippen molar-refractivity contribution in [2.75, 3.05) is 48.3 Å². The van der Waals surface area contributed by atoms with Crippen LogP contribution in [0.25, 0.3) is 0 Å². The van der Waals surface area contributed by atoms with E-state index in [-0.39, 0.29) is 193 Å². The molecule has 0 spiro atoms. The van der Waals surface area contributed by atoms with Crippen LogP contribution < -0.4 is 156 Å². The van der Waals surface area contributed by atoms with Crippen LogP contribution in [-0.4, -0.2) is 79.3 Å². The minimum absolute atomic E-state index is 0. The van der Waals surface area contributed by atoms with Crippen molar-refractivity contribution in [1.82, 2.24) is 0 Å². The number of halogens is 8. The first-order chi connectivity index (χ1) is 55.5. The molecule has 3 heterocycles. The molecule has 0 aromatic heterocycles. The summed E-state index contributed by atoms with van der Waals surface area (Å²) in [5.74, 6) is -0.783. The van der Waals surface area contributed by atoms with Crippen LogP contribution in [0.15, 0.2) is 319 Å². The number of anilines is 9. The maximum Gasteiger partial charge on any atom is 2.00 e. The molecule has 1 atom stereocenters. The molecule has 4 aliphatic rings. The van der Waals surface area contributed by atoms with Crippen LogP contribution in [0.1, 0.15) is 95.4 Å². The van der Waals surface area contributed by atoms with E-state index in [2.05, 4.69) is 333 Å². The SMILES string of the molecule is Brc1ccc(I)cc1.C1CCOC1.CC(C)(O)c1ccccc1Nc1ccc(Br)cc1.CC1(C)c2ccccc2N(c2ccccc2)c2ccc(Br)cc21.CC1(C)c2ccccc2Nc2ccc(Br)cc21.COC(=O)C1=C(N)C=C[C+]=C1.COC(=O)c1ccccc1Nc1ccc(Br)cc1.Ic1ccccc1.O=CO[O-].O=[P+]([O-])OO.[Br-].[CH3-].[Cu].[H-].[HH].[K+].[K+].[Mg+2]. The zero-order chi connectivity index (χ0) is 84.8. The van der Waals surface area contributed by atoms with E-state index in [9.17, 15) is 14.7 Å². The molecule has 1 saturated heterocycles. The van der Waals surface area contributed by atoms with Crippen LogP contribution in [0.5, 0.6) is 0 Å². The van der Waals surface area contributed by atoms with Gasteiger partial charge >= 0.3 is 146 Å². The number of esters is 2. The van der Waals surface area contributed by atoms with Crippen LogP contribution >= 0.6 is 133 Å². The van der Waals surface area contributed by atoms with Gasteiger partial charge in [0.05, 0.1) is 48.5 Å². The van der Waals surface area contributed by atoms with Gasteiger partial charge in [-0.3, -0.25) is 4.79 Å². The predicted molar refractivity (Wildman–Crippen MR) is 511 cm³/mol. The maximum absolute atomic E-state index is 11.6. The molecular weight excluding hydrogens is 2300 g/mol. The Bertz CT molecular complexity index is 5070. The summed E-state index contributed by atoms with van der Waals surface area (Å²) < 4.78 is 33.8. The second-order valence-corrected chi connectivity index (χ2v) is 34.1. The van der Waals surface area contributed by atoms with E-state index in [0.717, 1.165) is 63.9 Å². The fourth-order valence-electron chi connectivity index (χ4n) is 11.6. The minimum Gasteiger partial charge on any atom is -1.00 e. The Balaban J connectivity index is -0.00000136. The zero-order valence-electron chi connectivity index (χ0n) is 69.9. The number of ether oxygens (including phenoxy) is 3. The van der Waals surface area contributed by atoms with E-state index < -0.39 is 19.8 Å². The summed E-state index contributed by atoms with van der Waals surface area (Å²) in [7, 11) is -0.355. The summed E-state index contributed by atoms with van der Waals surface area (Å²) in [6.07, 6.45) is 10.0. The number of hydrogen-bond donors (Lipinski definition) is 6. The van der Waals surface area contributed by atoms with Gasteiger partial charge in [-0.1, -0.05) is 210 Å². The number of benzene rings is 11. The number of rotatable bonds is 10. The number of methoxy groups -OCH3 is 2. The number of allylic oxidation sites excluding steroid dienone is 3. The fraction of sp³-hybridized carbons (Fsp3) is 0.165. The van der Waals surface area contributed by atoms with Crippen LogP contribution in [0.3, 0.4) is 0 Å². The van der Waals surface area contributed by atoms with Gasteiger partial charge < -0.3 is 86.8 Å². The Hall–Kier alpha value is -3.28. The largest absolute Gasteiger partial charge is 2.00 e. The fourth-order valence-corrected chi connectivity index (χ4v) is 13.9. The molecule has 1 radical (unpaired) electrons. The summed E-state index contributed by atoms with van der Waals surface area (Å²) in [6.45, 7) is 14.6. The van der Waals surface area contributed by atoms with Gasteiger partial charge in [-0.15, -0.1) is 0 Å². The van der Waals surface area contributed by atoms with E-state index >= 15 is 0 Å². The van der Waals surface area contributed by atoms with Gasteiger partial charge in [0, 0.05) is 122 Å². The maximum atomic E-state index is 11.6. The normalized spacial score (nSPS) is 12.2. The molecule has 0 bridgehead atoms. The number of aliphatic hydroxyl groups is 1. The molecule has 11 aromatic rings. The molecule has 1 fully saturated rings. The standard InChI is InChI=1S/C21H18BrN.C15H16BrNO.C15H14BrN.C14H12BrNO2.C8H7NO2.C6H4BrI.C6H5I.C4H8O.CH2O3.CH3.BrH.Cu.2K.Mg.HO4P.H2.H/c1-21(2)17-10-6-7-11-19(17)23(16-8-4-3-5-9-16)20-13-12-15(22)14-18(20)21;1-15(2,18)13-5-3-4-6-14(13)17-12-9-7-11(16)8-10-12;1-15(2)11-5-3-4-6-13(11)17-14-8-7-10(16)9-12(14)15;1-18-14(17)12-4-2-3-5-13(12)16-11-8-6-10(15)7-9-11;1-11-8(10)6-4-2-3-5-7(6)9;7-5-1-3-6(8)4-2-5;7-6-4-2-1-3-5-6;1-2-4-5-3-1;2-1-4-3;;;;;;;1-4-5(2)3;;/h3-14H,1-2H3;3-10,17-18H,1-2H3;3-9,17H,1-2H3;2-9,16H,1H3;3-5H,1H3,(H-,9,10);1-4H;1-5H;1-4H2;1,3H;1H3;1H;;;;;1H;1H;/q;;;;;;;;;-1;;;2*+1;+2;;;-1/p-1. The molecule has 11 aromatic carbocycles. The van der Waals surface area contributed by atoms with Crippen molar-refractivity contribution >= 4 is 226 Å². The van der Waals surface area contributed by atoms with E-state index in [1.54, 1.807) is 38.1 Å². The number of para-hydroxylation sites is 5. The average Bonchev–Trinajstić information content (AvgIpc) is 0.755. The Kier molecular flexibility index (Phi) is 61.2. The van der Waals surface area contributed by atoms with Gasteiger partial charge in [-0.05, 0) is 262 Å². The second-order valence-electron chi connectivity index (χ2n) is 26.4. The molecule has 3 aliphatic heterocycles. The summed E-state index contributed by atoms with van der Waals surface area (Å²) in [4.78, 5) is 45.1. The van der Waals surface area contributed by atoms with Gasteiger partial charge in [0.25, 0.3) is 6.47 Å². The molecule has 0 amide bonds. The molecule has 1 unspecified atom stereocenters. The molecule has 635 valence electrons. The first-order valence-electron chi connectivity index (χ1n) is 35.6. The number of carbonyl (C=O) groups is 3. The Labute approximate surface area is 912 Å². The van der Waals surface area contributed by atoms with Crippen molar-refractivity contribution in [2.24, 2.45) is 5.73 Å². The third-order valence-electron chi connectivity index (χ3n) is 17.2. The van der Waals surface area contributed by atoms with Gasteiger partial charge in [-0.25, -0.2) is 14.8 Å². The van der Waals surface area contributed by atoms with Gasteiger partial charge in [0.2, 0.25) is 0 Å². The quantitative estimate of drug-likeness (QED) is 0.0109. The van der Waals surface area contributed by atoms with Crippen molar-refractivity contribution in [3.63, 3.8) is 0 Å². The summed E-state index contributed by atoms with van der Waals surface area (Å²) in [6, 6.07) is 89.9. The second kappa shape index (κ2) is 62.9. The number of nitrogens with two attached hydrogens (primary N) is 1. The van der Waals surface area contributed by atoms with Crippen LogP contribution in [-0.2, 0) is 71.4 Å². The third-order valence-corrected chi connectivity index (χ3v) is 21.3. The average molecular weight is 2400 g/mol. The summed E-state index contributed by atoms with van der Waals surface area (Å²) in [5.41, 5.74) is 21.9. The van der Waals surface area contributed by atoms with E-state index in [0.29, 0.717) is 16.8 Å². The number of nitrogens with one attached hydrogen (secondary N) is 3. The van der Waals surface area contributed by atoms with Crippen molar-refractivity contribution in [3.05, 3.63) is 373 Å². The van der Waals surface area contributed by atoms with Gasteiger partial charge in [0.1, 0.15) is 12.2 Å². The Morgan fingerprint density at radius 2 is 1.02 bits per heavy atom. The number of hydrogen-bond acceptors (Lipinski definition) is 18. The molecule has 7 N–H and O–H groups in total. The van der Waals surface area contributed by atoms with E-state index in [1.165, 1.54) is 91.0 Å².